The van der Waals surface area contributed by atoms with Gasteiger partial charge in [0, 0.05) is 29.0 Å². The van der Waals surface area contributed by atoms with Crippen LogP contribution in [0, 0.1) is 0 Å². The van der Waals surface area contributed by atoms with Crippen molar-refractivity contribution in [2.75, 3.05) is 19.3 Å². The molecule has 3 aromatic carbocycles. The standard InChI is InChI=1S/C25H22ClN2O4S2/c1-33(29,30)20-7-9-21(10-8-20)34(31,32)28(14-15-28)17-18-6-11-24(26)23(16-18)25-22-5-3-2-4-19(22)12-13-27-25/h2-13,16H,14-15,17H2,1H3/q+1. The largest absolute Gasteiger partial charge is 0.327 e. The fourth-order valence-corrected chi connectivity index (χ4v) is 6.84. The molecule has 0 spiro atoms. The first-order chi connectivity index (χ1) is 16.1. The number of rotatable bonds is 6. The number of quaternary nitrogens is 1. The van der Waals surface area contributed by atoms with Gasteiger partial charge in [-0.15, -0.1) is 0 Å². The van der Waals surface area contributed by atoms with Crippen molar-refractivity contribution in [2.45, 2.75) is 16.3 Å². The zero-order valence-electron chi connectivity index (χ0n) is 18.3. The topological polar surface area (TPSA) is 81.2 Å². The minimum absolute atomic E-state index is 0.0914. The van der Waals surface area contributed by atoms with Crippen LogP contribution in [0.1, 0.15) is 5.56 Å². The van der Waals surface area contributed by atoms with Crippen molar-refractivity contribution in [1.29, 1.82) is 0 Å². The molecule has 0 N–H and O–H groups in total. The first-order valence-electron chi connectivity index (χ1n) is 10.6. The van der Waals surface area contributed by atoms with E-state index < -0.39 is 19.9 Å². The van der Waals surface area contributed by atoms with Crippen LogP contribution >= 0.6 is 11.6 Å². The van der Waals surface area contributed by atoms with Gasteiger partial charge in [0.1, 0.15) is 24.5 Å². The van der Waals surface area contributed by atoms with Crippen LogP contribution in [0.4, 0.5) is 0 Å². The Morgan fingerprint density at radius 3 is 2.24 bits per heavy atom. The lowest BCUT2D eigenvalue weighted by Crippen LogP contribution is -2.33. The number of sulfone groups is 1. The number of nitrogens with zero attached hydrogens (tertiary/aromatic N) is 2. The second-order valence-corrected chi connectivity index (χ2v) is 13.2. The summed E-state index contributed by atoms with van der Waals surface area (Å²) in [5.74, 6) is 0. The molecule has 0 atom stereocenters. The number of hydrogen-bond acceptors (Lipinski definition) is 5. The number of benzene rings is 3. The first-order valence-corrected chi connectivity index (χ1v) is 14.4. The van der Waals surface area contributed by atoms with Crippen molar-refractivity contribution in [1.82, 2.24) is 4.98 Å². The molecule has 0 saturated carbocycles. The molecule has 6 nitrogen and oxygen atoms in total. The number of halogens is 1. The van der Waals surface area contributed by atoms with Gasteiger partial charge >= 0.3 is 10.0 Å². The molecule has 0 radical (unpaired) electrons. The summed E-state index contributed by atoms with van der Waals surface area (Å²) in [6.07, 6.45) is 2.83. The molecule has 9 heteroatoms. The second-order valence-electron chi connectivity index (χ2n) is 8.58. The number of fused-ring (bicyclic) bond motifs is 1. The highest BCUT2D eigenvalue weighted by molar-refractivity contribution is 7.90. The number of pyridine rings is 1. The van der Waals surface area contributed by atoms with Gasteiger partial charge in [-0.25, -0.2) is 12.3 Å². The molecule has 174 valence electrons. The third kappa shape index (κ3) is 4.01. The van der Waals surface area contributed by atoms with E-state index >= 15 is 0 Å². The summed E-state index contributed by atoms with van der Waals surface area (Å²) in [4.78, 5) is 4.76. The van der Waals surface area contributed by atoms with Crippen molar-refractivity contribution < 1.29 is 20.7 Å². The maximum Gasteiger partial charge on any atom is 0.327 e. The summed E-state index contributed by atoms with van der Waals surface area (Å²) in [5.41, 5.74) is 2.34. The number of aromatic nitrogens is 1. The van der Waals surface area contributed by atoms with Crippen LogP contribution in [-0.2, 0) is 26.4 Å². The molecule has 34 heavy (non-hydrogen) atoms. The van der Waals surface area contributed by atoms with E-state index in [2.05, 4.69) is 4.98 Å². The summed E-state index contributed by atoms with van der Waals surface area (Å²) in [5, 5.41) is 2.56. The van der Waals surface area contributed by atoms with Crippen LogP contribution in [0.15, 0.2) is 88.8 Å². The van der Waals surface area contributed by atoms with Crippen molar-refractivity contribution in [3.63, 3.8) is 0 Å². The van der Waals surface area contributed by atoms with Crippen molar-refractivity contribution in [3.05, 3.63) is 89.6 Å². The Morgan fingerprint density at radius 1 is 0.882 bits per heavy atom. The molecular weight excluding hydrogens is 492 g/mol. The average molecular weight is 514 g/mol. The fourth-order valence-electron chi connectivity index (χ4n) is 4.20. The van der Waals surface area contributed by atoms with E-state index in [4.69, 9.17) is 11.6 Å². The molecular formula is C25H22ClN2O4S2+. The minimum Gasteiger partial charge on any atom is -0.256 e. The maximum atomic E-state index is 13.5. The summed E-state index contributed by atoms with van der Waals surface area (Å²) in [6, 6.07) is 20.8. The molecule has 2 heterocycles. The zero-order valence-corrected chi connectivity index (χ0v) is 20.7. The van der Waals surface area contributed by atoms with E-state index in [0.29, 0.717) is 18.1 Å². The van der Waals surface area contributed by atoms with Crippen molar-refractivity contribution in [2.24, 2.45) is 0 Å². The summed E-state index contributed by atoms with van der Waals surface area (Å²) < 4.78 is 50.3. The van der Waals surface area contributed by atoms with E-state index in [0.717, 1.165) is 33.8 Å². The van der Waals surface area contributed by atoms with E-state index in [-0.39, 0.29) is 20.2 Å². The van der Waals surface area contributed by atoms with Gasteiger partial charge < -0.3 is 0 Å². The fraction of sp³-hybridized carbons (Fsp3) is 0.160. The van der Waals surface area contributed by atoms with Gasteiger partial charge in [-0.2, -0.15) is 8.42 Å². The molecule has 1 aliphatic rings. The lowest BCUT2D eigenvalue weighted by molar-refractivity contribution is -0.677. The Labute approximate surface area is 204 Å². The van der Waals surface area contributed by atoms with Gasteiger partial charge in [-0.3, -0.25) is 4.98 Å². The Balaban J connectivity index is 1.50. The third-order valence-electron chi connectivity index (χ3n) is 6.21. The SMILES string of the molecule is CS(=O)(=O)c1ccc(S(=O)(=O)[N+]2(Cc3ccc(Cl)c(-c4nccc5ccccc45)c3)CC2)cc1. The maximum absolute atomic E-state index is 13.5. The van der Waals surface area contributed by atoms with Crippen LogP contribution in [0.3, 0.4) is 0 Å². The Hall–Kier alpha value is -2.78. The summed E-state index contributed by atoms with van der Waals surface area (Å²) in [6.45, 7) is 1.26. The Bertz CT molecular complexity index is 1620. The Morgan fingerprint density at radius 2 is 1.56 bits per heavy atom. The molecule has 1 aromatic heterocycles. The van der Waals surface area contributed by atoms with Gasteiger partial charge in [0.05, 0.1) is 15.6 Å². The first kappa shape index (κ1) is 23.0. The van der Waals surface area contributed by atoms with Gasteiger partial charge in [0.15, 0.2) is 9.84 Å². The van der Waals surface area contributed by atoms with Gasteiger partial charge in [-0.05, 0) is 47.9 Å². The molecule has 5 rings (SSSR count). The van der Waals surface area contributed by atoms with E-state index in [9.17, 15) is 16.8 Å². The van der Waals surface area contributed by atoms with Crippen LogP contribution in [-0.4, -0.2) is 45.1 Å². The molecule has 0 bridgehead atoms. The van der Waals surface area contributed by atoms with Crippen molar-refractivity contribution >= 4 is 42.2 Å². The predicted octanol–water partition coefficient (Wildman–Crippen LogP) is 4.68. The molecule has 1 aliphatic heterocycles. The lowest BCUT2D eigenvalue weighted by Gasteiger charge is -2.19. The molecule has 1 fully saturated rings. The van der Waals surface area contributed by atoms with Crippen LogP contribution in [0.25, 0.3) is 22.0 Å². The monoisotopic (exact) mass is 513 g/mol. The smallest absolute Gasteiger partial charge is 0.256 e. The highest BCUT2D eigenvalue weighted by atomic mass is 35.5. The third-order valence-corrected chi connectivity index (χ3v) is 10.1. The summed E-state index contributed by atoms with van der Waals surface area (Å²) in [7, 11) is -7.12. The van der Waals surface area contributed by atoms with Crippen LogP contribution in [0.5, 0.6) is 0 Å². The van der Waals surface area contributed by atoms with Crippen molar-refractivity contribution in [3.8, 4) is 11.3 Å². The van der Waals surface area contributed by atoms with E-state index in [1.54, 1.807) is 12.3 Å². The van der Waals surface area contributed by atoms with Gasteiger partial charge in [0.2, 0.25) is 0 Å². The quantitative estimate of drug-likeness (QED) is 0.276. The van der Waals surface area contributed by atoms with Crippen LogP contribution < -0.4 is 0 Å². The normalized spacial score (nSPS) is 15.4. The predicted molar refractivity (Wildman–Crippen MR) is 133 cm³/mol. The number of sulfonamides is 1. The average Bonchev–Trinajstić information content (AvgIpc) is 3.61. The Kier molecular flexibility index (Phi) is 5.52. The highest BCUT2D eigenvalue weighted by Crippen LogP contribution is 2.38. The van der Waals surface area contributed by atoms with Gasteiger partial charge in [-0.1, -0.05) is 41.9 Å². The minimum atomic E-state index is -3.72. The van der Waals surface area contributed by atoms with E-state index in [1.807, 2.05) is 42.5 Å². The highest BCUT2D eigenvalue weighted by Gasteiger charge is 2.54. The second kappa shape index (κ2) is 8.16. The van der Waals surface area contributed by atoms with E-state index in [1.165, 1.54) is 24.3 Å². The molecule has 0 amide bonds. The van der Waals surface area contributed by atoms with Crippen LogP contribution in [0.2, 0.25) is 5.02 Å². The molecule has 1 saturated heterocycles. The van der Waals surface area contributed by atoms with Gasteiger partial charge in [0.25, 0.3) is 0 Å². The zero-order chi connectivity index (χ0) is 24.1. The summed E-state index contributed by atoms with van der Waals surface area (Å²) >= 11 is 6.54. The molecule has 0 aliphatic carbocycles. The molecule has 4 aromatic rings. The lowest BCUT2D eigenvalue weighted by atomic mass is 10.0. The molecule has 0 unspecified atom stereocenters. The number of hydrogen-bond donors (Lipinski definition) is 0.